The number of nitrogens with one attached hydrogen (secondary N) is 1. The normalized spacial score (nSPS) is 12.4. The van der Waals surface area contributed by atoms with Crippen molar-refractivity contribution in [2.24, 2.45) is 0 Å². The van der Waals surface area contributed by atoms with Gasteiger partial charge in [-0.3, -0.25) is 4.79 Å². The molecule has 0 atom stereocenters. The number of ether oxygens (including phenoxy) is 1. The standard InChI is InChI=1S/C23H23BrF3N5O3/c1-22(2,13-34-3)31-8-7-14(11-31)21(33)28-10-19-29-20(30-35-19)18-9-15-16(24)5-4-6-17(15)32(18)12-23(25,26)27/h4-9,11H,10,12-13H2,1-3H3,(H,28,33). The molecule has 3 heterocycles. The molecule has 0 aliphatic carbocycles. The number of alkyl halides is 3. The molecule has 1 N–H and O–H groups in total. The lowest BCUT2D eigenvalue weighted by atomic mass is 10.1. The second-order valence-electron chi connectivity index (χ2n) is 8.65. The molecule has 12 heteroatoms. The van der Waals surface area contributed by atoms with Crippen molar-refractivity contribution < 1.29 is 27.2 Å². The van der Waals surface area contributed by atoms with Crippen LogP contribution in [0.15, 0.2) is 51.7 Å². The molecule has 0 aliphatic rings. The highest BCUT2D eigenvalue weighted by Gasteiger charge is 2.31. The van der Waals surface area contributed by atoms with Crippen LogP contribution in [0.25, 0.3) is 22.4 Å². The van der Waals surface area contributed by atoms with Crippen LogP contribution < -0.4 is 5.32 Å². The zero-order valence-electron chi connectivity index (χ0n) is 19.2. The second-order valence-corrected chi connectivity index (χ2v) is 9.51. The molecule has 0 spiro atoms. The first kappa shape index (κ1) is 25.0. The minimum atomic E-state index is -4.45. The molecule has 8 nitrogen and oxygen atoms in total. The van der Waals surface area contributed by atoms with Crippen LogP contribution in [0.4, 0.5) is 13.2 Å². The lowest BCUT2D eigenvalue weighted by molar-refractivity contribution is -0.139. The Kier molecular flexibility index (Phi) is 6.78. The summed E-state index contributed by atoms with van der Waals surface area (Å²) >= 11 is 3.37. The average molecular weight is 554 g/mol. The number of carbonyl (C=O) groups excluding carboxylic acids is 1. The van der Waals surface area contributed by atoms with Crippen molar-refractivity contribution in [3.05, 3.63) is 58.7 Å². The van der Waals surface area contributed by atoms with Gasteiger partial charge >= 0.3 is 6.18 Å². The van der Waals surface area contributed by atoms with Gasteiger partial charge in [0, 0.05) is 29.4 Å². The van der Waals surface area contributed by atoms with Gasteiger partial charge in [-0.2, -0.15) is 18.2 Å². The average Bonchev–Trinajstić information content (AvgIpc) is 3.51. The van der Waals surface area contributed by atoms with E-state index in [9.17, 15) is 18.0 Å². The Bertz CT molecular complexity index is 1360. The molecule has 0 aliphatic heterocycles. The van der Waals surface area contributed by atoms with E-state index < -0.39 is 12.7 Å². The van der Waals surface area contributed by atoms with E-state index in [1.54, 1.807) is 49.8 Å². The molecule has 4 rings (SSSR count). The molecule has 1 amide bonds. The van der Waals surface area contributed by atoms with E-state index in [0.717, 1.165) is 4.57 Å². The van der Waals surface area contributed by atoms with Crippen molar-refractivity contribution in [2.45, 2.75) is 38.7 Å². The minimum absolute atomic E-state index is 0.00549. The number of aromatic nitrogens is 4. The Morgan fingerprint density at radius 2 is 2.03 bits per heavy atom. The third-order valence-electron chi connectivity index (χ3n) is 5.48. The summed E-state index contributed by atoms with van der Waals surface area (Å²) in [7, 11) is 1.61. The van der Waals surface area contributed by atoms with Crippen LogP contribution in [0.1, 0.15) is 30.1 Å². The molecular formula is C23H23BrF3N5O3. The van der Waals surface area contributed by atoms with Gasteiger partial charge in [0.25, 0.3) is 5.91 Å². The number of nitrogens with zero attached hydrogens (tertiary/aromatic N) is 4. The molecule has 186 valence electrons. The zero-order chi connectivity index (χ0) is 25.4. The van der Waals surface area contributed by atoms with Crippen molar-refractivity contribution in [1.82, 2.24) is 24.6 Å². The number of benzene rings is 1. The Morgan fingerprint density at radius 3 is 2.74 bits per heavy atom. The number of hydrogen-bond donors (Lipinski definition) is 1. The lowest BCUT2D eigenvalue weighted by Gasteiger charge is -2.25. The van der Waals surface area contributed by atoms with Gasteiger partial charge in [-0.15, -0.1) is 0 Å². The number of hydrogen-bond acceptors (Lipinski definition) is 5. The fourth-order valence-corrected chi connectivity index (χ4v) is 4.28. The molecule has 0 unspecified atom stereocenters. The predicted octanol–water partition coefficient (Wildman–Crippen LogP) is 5.13. The quantitative estimate of drug-likeness (QED) is 0.327. The van der Waals surface area contributed by atoms with Crippen LogP contribution >= 0.6 is 15.9 Å². The first-order valence-corrected chi connectivity index (χ1v) is 11.4. The second kappa shape index (κ2) is 9.50. The van der Waals surface area contributed by atoms with Gasteiger partial charge in [-0.05, 0) is 38.1 Å². The van der Waals surface area contributed by atoms with Gasteiger partial charge in [0.05, 0.1) is 35.5 Å². The SMILES string of the molecule is COCC(C)(C)n1ccc(C(=O)NCc2nc(-c3cc4c(Br)cccc4n3CC(F)(F)F)no2)c1. The molecule has 35 heavy (non-hydrogen) atoms. The summed E-state index contributed by atoms with van der Waals surface area (Å²) in [5.41, 5.74) is 0.637. The molecule has 1 aromatic carbocycles. The van der Waals surface area contributed by atoms with Crippen LogP contribution in [-0.4, -0.2) is 45.1 Å². The van der Waals surface area contributed by atoms with E-state index in [2.05, 4.69) is 31.4 Å². The monoisotopic (exact) mass is 553 g/mol. The van der Waals surface area contributed by atoms with Crippen LogP contribution in [0.2, 0.25) is 0 Å². The van der Waals surface area contributed by atoms with Gasteiger partial charge in [-0.25, -0.2) is 0 Å². The molecular weight excluding hydrogens is 531 g/mol. The molecule has 0 radical (unpaired) electrons. The number of methoxy groups -OCH3 is 1. The lowest BCUT2D eigenvalue weighted by Crippen LogP contribution is -2.30. The minimum Gasteiger partial charge on any atom is -0.382 e. The van der Waals surface area contributed by atoms with Crippen LogP contribution in [0.5, 0.6) is 0 Å². The Morgan fingerprint density at radius 1 is 1.26 bits per heavy atom. The highest BCUT2D eigenvalue weighted by atomic mass is 79.9. The zero-order valence-corrected chi connectivity index (χ0v) is 20.8. The maximum atomic E-state index is 13.3. The Balaban J connectivity index is 1.52. The van der Waals surface area contributed by atoms with Crippen molar-refractivity contribution in [3.8, 4) is 11.5 Å². The summed E-state index contributed by atoms with van der Waals surface area (Å²) in [6.07, 6.45) is -0.949. The highest BCUT2D eigenvalue weighted by molar-refractivity contribution is 9.10. The number of amides is 1. The van der Waals surface area contributed by atoms with Crippen molar-refractivity contribution in [3.63, 3.8) is 0 Å². The molecule has 4 aromatic rings. The molecule has 0 bridgehead atoms. The summed E-state index contributed by atoms with van der Waals surface area (Å²) in [4.78, 5) is 16.8. The maximum absolute atomic E-state index is 13.3. The van der Waals surface area contributed by atoms with Gasteiger partial charge in [-0.1, -0.05) is 27.2 Å². The molecule has 0 saturated carbocycles. The topological polar surface area (TPSA) is 87.1 Å². The highest BCUT2D eigenvalue weighted by Crippen LogP contribution is 2.33. The first-order valence-electron chi connectivity index (χ1n) is 10.6. The summed E-state index contributed by atoms with van der Waals surface area (Å²) < 4.78 is 53.9. The Labute approximate surface area is 207 Å². The number of carbonyl (C=O) groups is 1. The van der Waals surface area contributed by atoms with E-state index in [-0.39, 0.29) is 35.4 Å². The van der Waals surface area contributed by atoms with E-state index in [1.165, 1.54) is 0 Å². The van der Waals surface area contributed by atoms with Crippen LogP contribution in [-0.2, 0) is 23.4 Å². The van der Waals surface area contributed by atoms with E-state index in [4.69, 9.17) is 9.26 Å². The summed E-state index contributed by atoms with van der Waals surface area (Å²) in [6.45, 7) is 3.14. The molecule has 0 saturated heterocycles. The third-order valence-corrected chi connectivity index (χ3v) is 6.17. The summed E-state index contributed by atoms with van der Waals surface area (Å²) in [5.74, 6) is -0.295. The van der Waals surface area contributed by atoms with Crippen molar-refractivity contribution in [2.75, 3.05) is 13.7 Å². The van der Waals surface area contributed by atoms with Crippen LogP contribution in [0, 0.1) is 0 Å². The fraction of sp³-hybridized carbons (Fsp3) is 0.348. The number of fused-ring (bicyclic) bond motifs is 1. The largest absolute Gasteiger partial charge is 0.406 e. The van der Waals surface area contributed by atoms with E-state index >= 15 is 0 Å². The fourth-order valence-electron chi connectivity index (χ4n) is 3.81. The molecule has 3 aromatic heterocycles. The maximum Gasteiger partial charge on any atom is 0.406 e. The smallest absolute Gasteiger partial charge is 0.382 e. The number of halogens is 4. The van der Waals surface area contributed by atoms with Gasteiger partial charge in [0.1, 0.15) is 6.54 Å². The van der Waals surface area contributed by atoms with E-state index in [1.807, 2.05) is 18.4 Å². The number of rotatable bonds is 8. The Hall–Kier alpha value is -3.12. The van der Waals surface area contributed by atoms with Crippen molar-refractivity contribution >= 4 is 32.7 Å². The third kappa shape index (κ3) is 5.43. The van der Waals surface area contributed by atoms with E-state index in [0.29, 0.717) is 27.5 Å². The predicted molar refractivity (Wildman–Crippen MR) is 126 cm³/mol. The summed E-state index contributed by atoms with van der Waals surface area (Å²) in [5, 5.41) is 7.13. The van der Waals surface area contributed by atoms with Crippen molar-refractivity contribution in [1.29, 1.82) is 0 Å². The van der Waals surface area contributed by atoms with Gasteiger partial charge < -0.3 is 23.7 Å². The van der Waals surface area contributed by atoms with Crippen LogP contribution in [0.3, 0.4) is 0 Å². The van der Waals surface area contributed by atoms with Gasteiger partial charge in [0.2, 0.25) is 11.7 Å². The van der Waals surface area contributed by atoms with Gasteiger partial charge in [0.15, 0.2) is 0 Å². The summed E-state index contributed by atoms with van der Waals surface area (Å²) in [6, 6.07) is 8.24. The first-order chi connectivity index (χ1) is 16.5. The molecule has 0 fully saturated rings.